The summed E-state index contributed by atoms with van der Waals surface area (Å²) in [6, 6.07) is 0. The molecule has 0 spiro atoms. The summed E-state index contributed by atoms with van der Waals surface area (Å²) in [7, 11) is 2.63. The number of ether oxygens (including phenoxy) is 2. The standard InChI is InChI=1S/C20H30N4O6.C20H29N3O6/c1-29-20(27)15-11-24(12-15)19(26)17-21-18(30-23-17)14(10-16(25)22-28)9-5-8-13-6-3-2-4-7-13;1-28-20(27)15-11-23(12-15)19(26)17-21-18(29-22-17)14(10-16(24)25)9-5-8-13-6-3-2-4-7-13/h13-15,28H,2-12H2,1H3,(H,22,25);13-15H,2-12H2,1H3,(H,24,25)/t2*14-/m11/s1. The average molecular weight is 830 g/mol. The van der Waals surface area contributed by atoms with E-state index in [1.54, 1.807) is 5.48 Å². The fourth-order valence-corrected chi connectivity index (χ4v) is 8.54. The second-order valence-corrected chi connectivity index (χ2v) is 16.4. The first-order valence-corrected chi connectivity index (χ1v) is 21.1. The van der Waals surface area contributed by atoms with Gasteiger partial charge in [0, 0.05) is 44.4 Å². The highest BCUT2D eigenvalue weighted by atomic mass is 16.5. The van der Waals surface area contributed by atoms with Gasteiger partial charge in [-0.25, -0.2) is 5.48 Å². The van der Waals surface area contributed by atoms with Gasteiger partial charge in [-0.2, -0.15) is 9.97 Å². The molecule has 2 atom stereocenters. The topological polar surface area (TPSA) is 258 Å². The summed E-state index contributed by atoms with van der Waals surface area (Å²) in [6.45, 7) is 1.03. The van der Waals surface area contributed by atoms with Crippen LogP contribution in [-0.2, 0) is 28.7 Å². The van der Waals surface area contributed by atoms with Gasteiger partial charge in [0.1, 0.15) is 0 Å². The Kier molecular flexibility index (Phi) is 17.2. The molecular weight excluding hydrogens is 770 g/mol. The summed E-state index contributed by atoms with van der Waals surface area (Å²) in [5.74, 6) is -2.73. The van der Waals surface area contributed by atoms with E-state index in [4.69, 9.17) is 14.3 Å². The van der Waals surface area contributed by atoms with E-state index in [1.807, 2.05) is 0 Å². The molecule has 4 heterocycles. The Morgan fingerprint density at radius 2 is 1.08 bits per heavy atom. The number of aliphatic carboxylic acids is 1. The molecule has 6 rings (SSSR count). The Bertz CT molecular complexity index is 1710. The van der Waals surface area contributed by atoms with Gasteiger partial charge < -0.3 is 33.4 Å². The average Bonchev–Trinajstić information content (AvgIpc) is 3.91. The Balaban J connectivity index is 0.000000224. The van der Waals surface area contributed by atoms with Crippen molar-refractivity contribution in [2.24, 2.45) is 23.7 Å². The third-order valence-corrected chi connectivity index (χ3v) is 12.1. The molecule has 3 N–H and O–H groups in total. The lowest BCUT2D eigenvalue weighted by Crippen LogP contribution is -2.53. The van der Waals surface area contributed by atoms with Crippen LogP contribution in [0.1, 0.15) is 160 Å². The Morgan fingerprint density at radius 3 is 1.46 bits per heavy atom. The molecule has 19 heteroatoms. The summed E-state index contributed by atoms with van der Waals surface area (Å²) in [5, 5.41) is 25.7. The Morgan fingerprint density at radius 1 is 0.678 bits per heavy atom. The number of carboxylic acid groups (broad SMARTS) is 1. The summed E-state index contributed by atoms with van der Waals surface area (Å²) < 4.78 is 19.9. The summed E-state index contributed by atoms with van der Waals surface area (Å²) in [5.41, 5.74) is 1.64. The van der Waals surface area contributed by atoms with Crippen molar-refractivity contribution < 1.29 is 57.6 Å². The van der Waals surface area contributed by atoms with Gasteiger partial charge in [0.25, 0.3) is 23.5 Å². The number of methoxy groups -OCH3 is 2. The number of hydrogen-bond donors (Lipinski definition) is 3. The van der Waals surface area contributed by atoms with Crippen LogP contribution in [-0.4, -0.2) is 116 Å². The molecule has 59 heavy (non-hydrogen) atoms. The summed E-state index contributed by atoms with van der Waals surface area (Å²) in [4.78, 5) is 82.1. The van der Waals surface area contributed by atoms with Crippen LogP contribution >= 0.6 is 0 Å². The predicted octanol–water partition coefficient (Wildman–Crippen LogP) is 4.67. The molecule has 2 aromatic rings. The molecule has 0 unspecified atom stereocenters. The number of hydroxylamine groups is 1. The lowest BCUT2D eigenvalue weighted by atomic mass is 9.84. The zero-order valence-corrected chi connectivity index (χ0v) is 34.2. The van der Waals surface area contributed by atoms with Crippen LogP contribution in [0.5, 0.6) is 0 Å². The van der Waals surface area contributed by atoms with E-state index in [0.717, 1.165) is 37.5 Å². The molecule has 2 aliphatic carbocycles. The van der Waals surface area contributed by atoms with Crippen LogP contribution in [0.4, 0.5) is 0 Å². The van der Waals surface area contributed by atoms with Crippen molar-refractivity contribution in [3.8, 4) is 0 Å². The minimum Gasteiger partial charge on any atom is -0.481 e. The van der Waals surface area contributed by atoms with Crippen LogP contribution in [0.25, 0.3) is 0 Å². The van der Waals surface area contributed by atoms with Gasteiger partial charge >= 0.3 is 17.9 Å². The quantitative estimate of drug-likeness (QED) is 0.105. The number of hydrogen-bond acceptors (Lipinski definition) is 15. The smallest absolute Gasteiger partial charge is 0.312 e. The molecule has 0 radical (unpaired) electrons. The SMILES string of the molecule is COC(=O)C1CN(C(=O)c2noc([C@H](CCCC3CCCCC3)CC(=O)NO)n2)C1.COC(=O)C1CN(C(=O)c2noc([C@H](CCCC3CCCCC3)CC(=O)O)n2)C1. The van der Waals surface area contributed by atoms with Crippen molar-refractivity contribution >= 4 is 35.6 Å². The monoisotopic (exact) mass is 829 g/mol. The van der Waals surface area contributed by atoms with Gasteiger partial charge in [-0.05, 0) is 24.7 Å². The molecule has 2 aromatic heterocycles. The highest BCUT2D eigenvalue weighted by Crippen LogP contribution is 2.33. The Hall–Kier alpha value is -4.94. The molecule has 326 valence electrons. The Labute approximate surface area is 343 Å². The van der Waals surface area contributed by atoms with E-state index in [0.29, 0.717) is 12.8 Å². The molecule has 19 nitrogen and oxygen atoms in total. The summed E-state index contributed by atoms with van der Waals surface area (Å²) in [6.07, 6.45) is 18.0. The molecule has 3 amide bonds. The van der Waals surface area contributed by atoms with Crippen LogP contribution in [0.2, 0.25) is 0 Å². The van der Waals surface area contributed by atoms with E-state index in [-0.39, 0.29) is 92.1 Å². The van der Waals surface area contributed by atoms with E-state index >= 15 is 0 Å². The number of aromatic nitrogens is 4. The van der Waals surface area contributed by atoms with Gasteiger partial charge in [-0.15, -0.1) is 0 Å². The molecule has 0 aromatic carbocycles. The van der Waals surface area contributed by atoms with Crippen LogP contribution in [0.15, 0.2) is 9.05 Å². The van der Waals surface area contributed by atoms with Gasteiger partial charge in [-0.1, -0.05) is 100 Å². The number of nitrogens with one attached hydrogen (secondary N) is 1. The van der Waals surface area contributed by atoms with Gasteiger partial charge in [0.15, 0.2) is 0 Å². The highest BCUT2D eigenvalue weighted by Gasteiger charge is 2.40. The highest BCUT2D eigenvalue weighted by molar-refractivity contribution is 5.93. The number of amides is 3. The molecule has 2 saturated carbocycles. The normalized spacial score (nSPS) is 18.7. The van der Waals surface area contributed by atoms with E-state index in [1.165, 1.54) is 88.2 Å². The number of carboxylic acids is 1. The van der Waals surface area contributed by atoms with Crippen LogP contribution in [0, 0.1) is 23.7 Å². The maximum Gasteiger partial charge on any atom is 0.312 e. The maximum atomic E-state index is 12.5. The van der Waals surface area contributed by atoms with Crippen LogP contribution in [0.3, 0.4) is 0 Å². The minimum atomic E-state index is -0.928. The first-order valence-electron chi connectivity index (χ1n) is 21.1. The van der Waals surface area contributed by atoms with E-state index in [2.05, 4.69) is 29.8 Å². The maximum absolute atomic E-state index is 12.5. The zero-order valence-electron chi connectivity index (χ0n) is 34.2. The van der Waals surface area contributed by atoms with E-state index in [9.17, 15) is 33.9 Å². The van der Waals surface area contributed by atoms with Gasteiger partial charge in [0.2, 0.25) is 17.7 Å². The first-order chi connectivity index (χ1) is 28.5. The predicted molar refractivity (Wildman–Crippen MR) is 205 cm³/mol. The number of esters is 2. The van der Waals surface area contributed by atoms with Crippen molar-refractivity contribution in [3.05, 3.63) is 23.4 Å². The fourth-order valence-electron chi connectivity index (χ4n) is 8.54. The molecule has 2 saturated heterocycles. The minimum absolute atomic E-state index is 0.00508. The number of rotatable bonds is 18. The van der Waals surface area contributed by atoms with Crippen molar-refractivity contribution in [1.29, 1.82) is 0 Å². The number of carbonyl (C=O) groups excluding carboxylic acids is 5. The second-order valence-electron chi connectivity index (χ2n) is 16.4. The van der Waals surface area contributed by atoms with Crippen LogP contribution < -0.4 is 5.48 Å². The van der Waals surface area contributed by atoms with Crippen molar-refractivity contribution in [2.45, 2.75) is 127 Å². The molecule has 4 fully saturated rings. The molecule has 4 aliphatic rings. The van der Waals surface area contributed by atoms with Crippen molar-refractivity contribution in [1.82, 2.24) is 35.6 Å². The molecular formula is C40H59N7O12. The van der Waals surface area contributed by atoms with Gasteiger partial charge in [-0.3, -0.25) is 34.0 Å². The molecule has 0 bridgehead atoms. The van der Waals surface area contributed by atoms with Crippen molar-refractivity contribution in [3.63, 3.8) is 0 Å². The number of nitrogens with zero attached hydrogens (tertiary/aromatic N) is 6. The van der Waals surface area contributed by atoms with Crippen molar-refractivity contribution in [2.75, 3.05) is 40.4 Å². The molecule has 2 aliphatic heterocycles. The fraction of sp³-hybridized carbons (Fsp3) is 0.750. The lowest BCUT2D eigenvalue weighted by molar-refractivity contribution is -0.150. The first kappa shape index (κ1) is 45.1. The largest absolute Gasteiger partial charge is 0.481 e. The third-order valence-electron chi connectivity index (χ3n) is 12.1. The number of likely N-dealkylation sites (tertiary alicyclic amines) is 2. The third kappa shape index (κ3) is 13.0. The van der Waals surface area contributed by atoms with E-state index < -0.39 is 29.6 Å². The zero-order chi connectivity index (χ0) is 42.3. The number of carbonyl (C=O) groups is 6. The lowest BCUT2D eigenvalue weighted by Gasteiger charge is -2.36. The summed E-state index contributed by atoms with van der Waals surface area (Å²) >= 11 is 0. The second kappa shape index (κ2) is 22.4. The van der Waals surface area contributed by atoms with Gasteiger partial charge in [0.05, 0.1) is 32.5 Å².